The number of nitrogens with one attached hydrogen (secondary N) is 1. The minimum atomic E-state index is -3.31. The third-order valence-corrected chi connectivity index (χ3v) is 4.60. The first kappa shape index (κ1) is 17.9. The molecule has 0 fully saturated rings. The molecule has 24 heavy (non-hydrogen) atoms. The van der Waals surface area contributed by atoms with Crippen molar-refractivity contribution < 1.29 is 22.4 Å². The van der Waals surface area contributed by atoms with Gasteiger partial charge in [-0.2, -0.15) is 0 Å². The van der Waals surface area contributed by atoms with Gasteiger partial charge in [-0.3, -0.25) is 9.10 Å². The molecular weight excluding hydrogens is 332 g/mol. The van der Waals surface area contributed by atoms with E-state index in [4.69, 9.17) is 9.15 Å². The van der Waals surface area contributed by atoms with E-state index in [2.05, 4.69) is 5.32 Å². The molecule has 2 aromatic rings. The molecule has 7 nitrogen and oxygen atoms in total. The van der Waals surface area contributed by atoms with Crippen molar-refractivity contribution in [3.05, 3.63) is 48.4 Å². The average molecular weight is 352 g/mol. The minimum absolute atomic E-state index is 0.274. The molecular formula is C16H20N2O5S. The molecule has 1 aromatic carbocycles. The summed E-state index contributed by atoms with van der Waals surface area (Å²) in [5, 5.41) is 2.71. The lowest BCUT2D eigenvalue weighted by molar-refractivity contribution is -0.127. The molecule has 1 heterocycles. The van der Waals surface area contributed by atoms with E-state index in [9.17, 15) is 13.2 Å². The Morgan fingerprint density at radius 1 is 1.29 bits per heavy atom. The van der Waals surface area contributed by atoms with Crippen LogP contribution in [0.3, 0.4) is 0 Å². The van der Waals surface area contributed by atoms with Gasteiger partial charge in [0.25, 0.3) is 5.91 Å². The first-order valence-electron chi connectivity index (χ1n) is 7.28. The van der Waals surface area contributed by atoms with Crippen LogP contribution in [0.1, 0.15) is 12.7 Å². The van der Waals surface area contributed by atoms with Gasteiger partial charge >= 0.3 is 0 Å². The monoisotopic (exact) mass is 352 g/mol. The first-order chi connectivity index (χ1) is 11.3. The molecule has 130 valence electrons. The quantitative estimate of drug-likeness (QED) is 0.820. The molecule has 0 aliphatic heterocycles. The Labute approximate surface area is 141 Å². The molecule has 1 N–H and O–H groups in total. The lowest BCUT2D eigenvalue weighted by Crippen LogP contribution is -2.35. The van der Waals surface area contributed by atoms with Gasteiger partial charge in [0.05, 0.1) is 24.8 Å². The standard InChI is InChI=1S/C16H20N2O5S/c1-12(16(19)17-11-15-5-4-10-22-15)23-14-8-6-13(7-9-14)18(2)24(3,20)21/h4-10,12H,11H2,1-3H3,(H,17,19)/t12-/m0/s1. The van der Waals surface area contributed by atoms with Crippen molar-refractivity contribution in [2.45, 2.75) is 19.6 Å². The second-order valence-electron chi connectivity index (χ2n) is 5.28. The van der Waals surface area contributed by atoms with Crippen LogP contribution in [0.25, 0.3) is 0 Å². The molecule has 0 aliphatic carbocycles. The number of carbonyl (C=O) groups is 1. The van der Waals surface area contributed by atoms with E-state index in [0.29, 0.717) is 17.2 Å². The predicted octanol–water partition coefficient (Wildman–Crippen LogP) is 1.76. The fourth-order valence-corrected chi connectivity index (χ4v) is 2.42. The summed E-state index contributed by atoms with van der Waals surface area (Å²) < 4.78 is 34.8. The number of ether oxygens (including phenoxy) is 1. The Hall–Kier alpha value is -2.48. The van der Waals surface area contributed by atoms with E-state index >= 15 is 0 Å². The van der Waals surface area contributed by atoms with Crippen LogP contribution in [0.15, 0.2) is 47.1 Å². The van der Waals surface area contributed by atoms with Gasteiger partial charge in [0.1, 0.15) is 11.5 Å². The Morgan fingerprint density at radius 2 is 1.96 bits per heavy atom. The number of furan rings is 1. The second-order valence-corrected chi connectivity index (χ2v) is 7.30. The van der Waals surface area contributed by atoms with Gasteiger partial charge in [0, 0.05) is 7.05 Å². The van der Waals surface area contributed by atoms with Gasteiger partial charge in [0.2, 0.25) is 10.0 Å². The zero-order valence-electron chi connectivity index (χ0n) is 13.7. The largest absolute Gasteiger partial charge is 0.481 e. The van der Waals surface area contributed by atoms with E-state index < -0.39 is 16.1 Å². The van der Waals surface area contributed by atoms with Crippen LogP contribution in [0.4, 0.5) is 5.69 Å². The van der Waals surface area contributed by atoms with Crippen LogP contribution in [-0.4, -0.2) is 33.7 Å². The number of carbonyl (C=O) groups excluding carboxylic acids is 1. The highest BCUT2D eigenvalue weighted by Crippen LogP contribution is 2.21. The molecule has 2 rings (SSSR count). The van der Waals surface area contributed by atoms with Crippen LogP contribution < -0.4 is 14.4 Å². The van der Waals surface area contributed by atoms with Crippen molar-refractivity contribution in [3.8, 4) is 5.75 Å². The topological polar surface area (TPSA) is 88.8 Å². The highest BCUT2D eigenvalue weighted by atomic mass is 32.2. The van der Waals surface area contributed by atoms with Gasteiger partial charge in [-0.25, -0.2) is 8.42 Å². The molecule has 0 bridgehead atoms. The first-order valence-corrected chi connectivity index (χ1v) is 9.13. The van der Waals surface area contributed by atoms with E-state index in [1.807, 2.05) is 0 Å². The van der Waals surface area contributed by atoms with E-state index in [1.54, 1.807) is 43.3 Å². The van der Waals surface area contributed by atoms with Crippen molar-refractivity contribution in [1.82, 2.24) is 5.32 Å². The van der Waals surface area contributed by atoms with Crippen LogP contribution in [0, 0.1) is 0 Å². The van der Waals surface area contributed by atoms with Gasteiger partial charge in [-0.15, -0.1) is 0 Å². The third-order valence-electron chi connectivity index (χ3n) is 3.40. The number of hydrogen-bond donors (Lipinski definition) is 1. The highest BCUT2D eigenvalue weighted by Gasteiger charge is 2.16. The summed E-state index contributed by atoms with van der Waals surface area (Å²) in [5.74, 6) is 0.855. The molecule has 0 unspecified atom stereocenters. The lowest BCUT2D eigenvalue weighted by atomic mass is 10.3. The summed E-state index contributed by atoms with van der Waals surface area (Å²) >= 11 is 0. The molecule has 1 atom stereocenters. The van der Waals surface area contributed by atoms with Crippen molar-refractivity contribution in [2.75, 3.05) is 17.6 Å². The molecule has 0 radical (unpaired) electrons. The number of hydrogen-bond acceptors (Lipinski definition) is 5. The summed E-state index contributed by atoms with van der Waals surface area (Å²) in [6.07, 6.45) is 1.97. The van der Waals surface area contributed by atoms with Crippen LogP contribution in [0.5, 0.6) is 5.75 Å². The van der Waals surface area contributed by atoms with Gasteiger partial charge in [-0.1, -0.05) is 0 Å². The summed E-state index contributed by atoms with van der Waals surface area (Å²) in [5.41, 5.74) is 0.514. The van der Waals surface area contributed by atoms with Gasteiger partial charge in [0.15, 0.2) is 6.10 Å². The van der Waals surface area contributed by atoms with E-state index in [0.717, 1.165) is 10.6 Å². The third kappa shape index (κ3) is 4.76. The smallest absolute Gasteiger partial charge is 0.261 e. The molecule has 1 amide bonds. The van der Waals surface area contributed by atoms with Crippen molar-refractivity contribution in [2.24, 2.45) is 0 Å². The highest BCUT2D eigenvalue weighted by molar-refractivity contribution is 7.92. The summed E-state index contributed by atoms with van der Waals surface area (Å²) in [7, 11) is -1.85. The zero-order valence-corrected chi connectivity index (χ0v) is 14.5. The fraction of sp³-hybridized carbons (Fsp3) is 0.312. The molecule has 8 heteroatoms. The van der Waals surface area contributed by atoms with Gasteiger partial charge < -0.3 is 14.5 Å². The summed E-state index contributed by atoms with van der Waals surface area (Å²) in [6, 6.07) is 9.98. The Kier molecular flexibility index (Phi) is 5.50. The second kappa shape index (κ2) is 7.39. The Bertz CT molecular complexity index is 769. The van der Waals surface area contributed by atoms with E-state index in [-0.39, 0.29) is 12.5 Å². The van der Waals surface area contributed by atoms with Crippen molar-refractivity contribution in [3.63, 3.8) is 0 Å². The molecule has 0 spiro atoms. The fourth-order valence-electron chi connectivity index (χ4n) is 1.91. The van der Waals surface area contributed by atoms with Crippen molar-refractivity contribution >= 4 is 21.6 Å². The molecule has 0 saturated carbocycles. The number of anilines is 1. The lowest BCUT2D eigenvalue weighted by Gasteiger charge is -2.18. The SMILES string of the molecule is C[C@H](Oc1ccc(N(C)S(C)(=O)=O)cc1)C(=O)NCc1ccco1. The maximum Gasteiger partial charge on any atom is 0.261 e. The molecule has 0 saturated heterocycles. The Morgan fingerprint density at radius 3 is 2.50 bits per heavy atom. The average Bonchev–Trinajstić information content (AvgIpc) is 3.05. The normalized spacial score (nSPS) is 12.5. The summed E-state index contributed by atoms with van der Waals surface area (Å²) in [6.45, 7) is 1.92. The van der Waals surface area contributed by atoms with Crippen molar-refractivity contribution in [1.29, 1.82) is 0 Å². The number of sulfonamides is 1. The summed E-state index contributed by atoms with van der Waals surface area (Å²) in [4.78, 5) is 12.0. The predicted molar refractivity (Wildman–Crippen MR) is 90.3 cm³/mol. The Balaban J connectivity index is 1.91. The number of benzene rings is 1. The maximum absolute atomic E-state index is 12.0. The zero-order chi connectivity index (χ0) is 17.7. The van der Waals surface area contributed by atoms with E-state index in [1.165, 1.54) is 13.3 Å². The number of rotatable bonds is 7. The molecule has 1 aromatic heterocycles. The van der Waals surface area contributed by atoms with Crippen LogP contribution in [0.2, 0.25) is 0 Å². The number of nitrogens with zero attached hydrogens (tertiary/aromatic N) is 1. The maximum atomic E-state index is 12.0. The number of amides is 1. The van der Waals surface area contributed by atoms with Gasteiger partial charge in [-0.05, 0) is 43.3 Å². The van der Waals surface area contributed by atoms with Crippen LogP contribution >= 0.6 is 0 Å². The molecule has 0 aliphatic rings. The van der Waals surface area contributed by atoms with Crippen LogP contribution in [-0.2, 0) is 21.4 Å². The minimum Gasteiger partial charge on any atom is -0.481 e.